The third-order valence-electron chi connectivity index (χ3n) is 4.58. The molecule has 0 atom stereocenters. The van der Waals surface area contributed by atoms with Crippen molar-refractivity contribution >= 4 is 34.7 Å². The maximum Gasteiger partial charge on any atom is 0.231 e. The molecule has 2 heterocycles. The highest BCUT2D eigenvalue weighted by molar-refractivity contribution is 7.98. The molecule has 0 aliphatic rings. The topological polar surface area (TPSA) is 59.8 Å². The van der Waals surface area contributed by atoms with Crippen LogP contribution in [0.25, 0.3) is 5.69 Å². The van der Waals surface area contributed by atoms with E-state index in [1.54, 1.807) is 11.8 Å². The number of aromatic nitrogens is 3. The molecule has 152 valence electrons. The predicted molar refractivity (Wildman–Crippen MR) is 123 cm³/mol. The van der Waals surface area contributed by atoms with Crippen molar-refractivity contribution in [2.24, 2.45) is 0 Å². The molecule has 7 heteroatoms. The molecule has 0 saturated heterocycles. The van der Waals surface area contributed by atoms with Gasteiger partial charge >= 0.3 is 0 Å². The van der Waals surface area contributed by atoms with Crippen molar-refractivity contribution in [2.45, 2.75) is 31.2 Å². The van der Waals surface area contributed by atoms with E-state index in [1.807, 2.05) is 61.1 Å². The molecule has 1 amide bonds. The third-order valence-corrected chi connectivity index (χ3v) is 6.48. The van der Waals surface area contributed by atoms with Gasteiger partial charge in [-0.1, -0.05) is 47.7 Å². The fraction of sp³-hybridized carbons (Fsp3) is 0.174. The number of imidazole rings is 1. The lowest BCUT2D eigenvalue weighted by Crippen LogP contribution is -2.14. The summed E-state index contributed by atoms with van der Waals surface area (Å²) in [4.78, 5) is 21.4. The SMILES string of the molecule is Cc1ccc(NC(=O)Cc2nc(CSc3nccn3-c3ccccc3C)cs2)cc1. The van der Waals surface area contributed by atoms with Crippen LogP contribution in [-0.4, -0.2) is 20.4 Å². The van der Waals surface area contributed by atoms with E-state index >= 15 is 0 Å². The van der Waals surface area contributed by atoms with Crippen LogP contribution in [0.15, 0.2) is 71.5 Å². The second-order valence-electron chi connectivity index (χ2n) is 6.98. The molecule has 0 fully saturated rings. The summed E-state index contributed by atoms with van der Waals surface area (Å²) in [6, 6.07) is 16.0. The molecule has 0 aliphatic carbocycles. The second kappa shape index (κ2) is 9.28. The van der Waals surface area contributed by atoms with Crippen molar-refractivity contribution < 1.29 is 4.79 Å². The first kappa shape index (κ1) is 20.4. The lowest BCUT2D eigenvalue weighted by atomic mass is 10.2. The van der Waals surface area contributed by atoms with E-state index in [2.05, 4.69) is 38.9 Å². The summed E-state index contributed by atoms with van der Waals surface area (Å²) in [5, 5.41) is 6.68. The molecule has 2 aromatic heterocycles. The molecule has 30 heavy (non-hydrogen) atoms. The molecule has 2 aromatic carbocycles. The standard InChI is InChI=1S/C23H22N4OS2/c1-16-7-9-18(10-8-16)25-21(28)13-22-26-19(14-29-22)15-30-23-24-11-12-27(23)20-6-4-3-5-17(20)2/h3-12,14H,13,15H2,1-2H3,(H,25,28). The summed E-state index contributed by atoms with van der Waals surface area (Å²) in [7, 11) is 0. The van der Waals surface area contributed by atoms with Crippen LogP contribution in [0.5, 0.6) is 0 Å². The Labute approximate surface area is 184 Å². The molecule has 0 bridgehead atoms. The zero-order valence-corrected chi connectivity index (χ0v) is 18.5. The number of thioether (sulfide) groups is 1. The fourth-order valence-corrected chi connectivity index (χ4v) is 4.78. The second-order valence-corrected chi connectivity index (χ2v) is 8.86. The quantitative estimate of drug-likeness (QED) is 0.395. The normalized spacial score (nSPS) is 10.9. The number of hydrogen-bond donors (Lipinski definition) is 1. The minimum atomic E-state index is -0.0532. The molecule has 0 unspecified atom stereocenters. The summed E-state index contributed by atoms with van der Waals surface area (Å²) in [6.45, 7) is 4.12. The van der Waals surface area contributed by atoms with Crippen LogP contribution < -0.4 is 5.32 Å². The Morgan fingerprint density at radius 1 is 1.13 bits per heavy atom. The van der Waals surface area contributed by atoms with E-state index in [-0.39, 0.29) is 12.3 Å². The molecule has 0 saturated carbocycles. The number of aryl methyl sites for hydroxylation is 2. The fourth-order valence-electron chi connectivity index (χ4n) is 3.03. The zero-order chi connectivity index (χ0) is 20.9. The van der Waals surface area contributed by atoms with Gasteiger partial charge in [0.15, 0.2) is 5.16 Å². The number of anilines is 1. The van der Waals surface area contributed by atoms with Crippen molar-refractivity contribution in [1.29, 1.82) is 0 Å². The Hall–Kier alpha value is -2.90. The van der Waals surface area contributed by atoms with Crippen molar-refractivity contribution in [2.75, 3.05) is 5.32 Å². The molecule has 0 spiro atoms. The summed E-state index contributed by atoms with van der Waals surface area (Å²) in [5.74, 6) is 0.654. The van der Waals surface area contributed by atoms with Crippen LogP contribution in [0.1, 0.15) is 21.8 Å². The van der Waals surface area contributed by atoms with E-state index in [1.165, 1.54) is 16.9 Å². The van der Waals surface area contributed by atoms with Gasteiger partial charge in [-0.3, -0.25) is 9.36 Å². The van der Waals surface area contributed by atoms with Gasteiger partial charge in [0.05, 0.1) is 17.8 Å². The van der Waals surface area contributed by atoms with Crippen LogP contribution in [0.3, 0.4) is 0 Å². The Kier molecular flexibility index (Phi) is 6.30. The van der Waals surface area contributed by atoms with E-state index in [0.717, 1.165) is 32.8 Å². The molecule has 1 N–H and O–H groups in total. The Morgan fingerprint density at radius 3 is 2.73 bits per heavy atom. The number of benzene rings is 2. The Balaban J connectivity index is 1.35. The van der Waals surface area contributed by atoms with Gasteiger partial charge in [0.25, 0.3) is 0 Å². The number of carbonyl (C=O) groups is 1. The predicted octanol–water partition coefficient (Wildman–Crippen LogP) is 5.42. The molecule has 0 aliphatic heterocycles. The number of nitrogens with zero attached hydrogens (tertiary/aromatic N) is 3. The monoisotopic (exact) mass is 434 g/mol. The lowest BCUT2D eigenvalue weighted by molar-refractivity contribution is -0.115. The number of rotatable bonds is 7. The van der Waals surface area contributed by atoms with Crippen molar-refractivity contribution in [3.8, 4) is 5.69 Å². The van der Waals surface area contributed by atoms with Gasteiger partial charge in [0.1, 0.15) is 5.01 Å². The van der Waals surface area contributed by atoms with E-state index in [0.29, 0.717) is 5.75 Å². The van der Waals surface area contributed by atoms with Gasteiger partial charge in [-0.2, -0.15) is 0 Å². The first-order valence-corrected chi connectivity index (χ1v) is 11.5. The highest BCUT2D eigenvalue weighted by atomic mass is 32.2. The van der Waals surface area contributed by atoms with Gasteiger partial charge in [-0.05, 0) is 37.6 Å². The molecule has 5 nitrogen and oxygen atoms in total. The van der Waals surface area contributed by atoms with Gasteiger partial charge in [0, 0.05) is 29.2 Å². The number of para-hydroxylation sites is 1. The van der Waals surface area contributed by atoms with Gasteiger partial charge in [-0.25, -0.2) is 9.97 Å². The van der Waals surface area contributed by atoms with Crippen LogP contribution >= 0.6 is 23.1 Å². The number of thiazole rings is 1. The van der Waals surface area contributed by atoms with Crippen LogP contribution in [-0.2, 0) is 17.0 Å². The van der Waals surface area contributed by atoms with Crippen molar-refractivity contribution in [1.82, 2.24) is 14.5 Å². The molecule has 4 aromatic rings. The summed E-state index contributed by atoms with van der Waals surface area (Å²) >= 11 is 3.16. The van der Waals surface area contributed by atoms with Gasteiger partial charge in [-0.15, -0.1) is 11.3 Å². The third kappa shape index (κ3) is 4.98. The largest absolute Gasteiger partial charge is 0.326 e. The van der Waals surface area contributed by atoms with Crippen molar-refractivity contribution in [3.63, 3.8) is 0 Å². The maximum absolute atomic E-state index is 12.3. The minimum Gasteiger partial charge on any atom is -0.326 e. The molecular weight excluding hydrogens is 412 g/mol. The molecule has 4 rings (SSSR count). The number of hydrogen-bond acceptors (Lipinski definition) is 5. The molecular formula is C23H22N4OS2. The zero-order valence-electron chi connectivity index (χ0n) is 16.8. The van der Waals surface area contributed by atoms with E-state index < -0.39 is 0 Å². The van der Waals surface area contributed by atoms with Crippen LogP contribution in [0.2, 0.25) is 0 Å². The first-order valence-electron chi connectivity index (χ1n) is 9.60. The Bertz CT molecular complexity index is 1150. The average Bonchev–Trinajstić information content (AvgIpc) is 3.38. The highest BCUT2D eigenvalue weighted by Crippen LogP contribution is 2.26. The van der Waals surface area contributed by atoms with E-state index in [4.69, 9.17) is 0 Å². The van der Waals surface area contributed by atoms with E-state index in [9.17, 15) is 4.79 Å². The smallest absolute Gasteiger partial charge is 0.231 e. The lowest BCUT2D eigenvalue weighted by Gasteiger charge is -2.09. The number of nitrogens with one attached hydrogen (secondary N) is 1. The molecule has 0 radical (unpaired) electrons. The summed E-state index contributed by atoms with van der Waals surface area (Å²) in [5.41, 5.74) is 5.26. The first-order chi connectivity index (χ1) is 14.6. The summed E-state index contributed by atoms with van der Waals surface area (Å²) < 4.78 is 2.10. The number of amides is 1. The highest BCUT2D eigenvalue weighted by Gasteiger charge is 2.11. The van der Waals surface area contributed by atoms with Gasteiger partial charge in [0.2, 0.25) is 5.91 Å². The minimum absolute atomic E-state index is 0.0532. The van der Waals surface area contributed by atoms with Crippen LogP contribution in [0.4, 0.5) is 5.69 Å². The van der Waals surface area contributed by atoms with Crippen LogP contribution in [0, 0.1) is 13.8 Å². The maximum atomic E-state index is 12.3. The number of carbonyl (C=O) groups excluding carboxylic acids is 1. The van der Waals surface area contributed by atoms with Gasteiger partial charge < -0.3 is 5.32 Å². The Morgan fingerprint density at radius 2 is 1.93 bits per heavy atom. The average molecular weight is 435 g/mol. The summed E-state index contributed by atoms with van der Waals surface area (Å²) in [6.07, 6.45) is 4.07. The van der Waals surface area contributed by atoms with Crippen molar-refractivity contribution in [3.05, 3.63) is 88.1 Å².